The fourth-order valence-corrected chi connectivity index (χ4v) is 3.92. The Hall–Kier alpha value is -3.04. The van der Waals surface area contributed by atoms with Crippen LogP contribution < -0.4 is 15.5 Å². The van der Waals surface area contributed by atoms with Gasteiger partial charge in [-0.3, -0.25) is 9.59 Å². The van der Waals surface area contributed by atoms with Crippen LogP contribution in [0.5, 0.6) is 5.75 Å². The average Bonchev–Trinajstić information content (AvgIpc) is 2.71. The maximum atomic E-state index is 13.3. The first-order valence-electron chi connectivity index (χ1n) is 10.2. The summed E-state index contributed by atoms with van der Waals surface area (Å²) in [5.74, 6) is -1.28. The monoisotopic (exact) mass is 481 g/mol. The second-order valence-electron chi connectivity index (χ2n) is 7.81. The lowest BCUT2D eigenvalue weighted by Crippen LogP contribution is -2.45. The highest BCUT2D eigenvalue weighted by molar-refractivity contribution is 6.34. The first-order chi connectivity index (χ1) is 15.6. The molecule has 1 aliphatic carbocycles. The van der Waals surface area contributed by atoms with Crippen LogP contribution in [0.1, 0.15) is 18.4 Å². The van der Waals surface area contributed by atoms with Gasteiger partial charge in [0.05, 0.1) is 27.5 Å². The lowest BCUT2D eigenvalue weighted by atomic mass is 9.80. The molecule has 0 bridgehead atoms. The van der Waals surface area contributed by atoms with Crippen molar-refractivity contribution >= 4 is 28.5 Å². The van der Waals surface area contributed by atoms with E-state index >= 15 is 0 Å². The number of aliphatic carboxylic acids is 1. The number of carboxylic acids is 1. The largest absolute Gasteiger partial charge is 0.491 e. The SMILES string of the molecule is O=C(O)C1CC(NCCOc2cc(C(F)(F)F)ccc2-c2cc(=O)c3cccc(Cl)c3o2)C1. The Bertz CT molecular complexity index is 1250. The predicted octanol–water partition coefficient (Wildman–Crippen LogP) is 4.96. The van der Waals surface area contributed by atoms with E-state index < -0.39 is 17.7 Å². The maximum Gasteiger partial charge on any atom is 0.416 e. The zero-order valence-electron chi connectivity index (χ0n) is 17.1. The molecule has 0 aliphatic heterocycles. The Morgan fingerprint density at radius 2 is 1.97 bits per heavy atom. The number of para-hydroxylation sites is 1. The molecular formula is C23H19ClF3NO5. The molecule has 0 saturated heterocycles. The van der Waals surface area contributed by atoms with Gasteiger partial charge < -0.3 is 19.6 Å². The minimum Gasteiger partial charge on any atom is -0.491 e. The highest BCUT2D eigenvalue weighted by Crippen LogP contribution is 2.38. The van der Waals surface area contributed by atoms with Gasteiger partial charge in [0.25, 0.3) is 0 Å². The summed E-state index contributed by atoms with van der Waals surface area (Å²) in [5, 5.41) is 12.5. The van der Waals surface area contributed by atoms with Crippen LogP contribution in [0.3, 0.4) is 0 Å². The molecule has 0 spiro atoms. The number of ether oxygens (including phenoxy) is 1. The molecule has 2 N–H and O–H groups in total. The molecule has 33 heavy (non-hydrogen) atoms. The fourth-order valence-electron chi connectivity index (χ4n) is 3.71. The van der Waals surface area contributed by atoms with E-state index in [4.69, 9.17) is 25.9 Å². The molecule has 2 aromatic carbocycles. The van der Waals surface area contributed by atoms with Crippen molar-refractivity contribution in [2.45, 2.75) is 25.1 Å². The first kappa shape index (κ1) is 23.1. The molecular weight excluding hydrogens is 463 g/mol. The number of carbonyl (C=O) groups is 1. The molecule has 0 atom stereocenters. The predicted molar refractivity (Wildman–Crippen MR) is 116 cm³/mol. The molecule has 10 heteroatoms. The Morgan fingerprint density at radius 1 is 1.21 bits per heavy atom. The van der Waals surface area contributed by atoms with Crippen LogP contribution in [-0.2, 0) is 11.0 Å². The van der Waals surface area contributed by atoms with Crippen molar-refractivity contribution in [3.05, 3.63) is 63.3 Å². The normalized spacial score (nSPS) is 18.2. The van der Waals surface area contributed by atoms with E-state index in [0.717, 1.165) is 12.1 Å². The molecule has 174 valence electrons. The minimum atomic E-state index is -4.58. The standard InChI is InChI=1S/C23H19ClF3NO5/c24-17-3-1-2-15-18(29)11-20(33-21(15)17)16-5-4-13(23(25,26)27)10-19(16)32-7-6-28-14-8-12(9-14)22(30)31/h1-5,10-12,14,28H,6-9H2,(H,30,31). The van der Waals surface area contributed by atoms with Crippen LogP contribution in [-0.4, -0.2) is 30.3 Å². The van der Waals surface area contributed by atoms with Crippen LogP contribution in [0.2, 0.25) is 5.02 Å². The van der Waals surface area contributed by atoms with Crippen LogP contribution in [0.4, 0.5) is 13.2 Å². The van der Waals surface area contributed by atoms with Gasteiger partial charge in [0, 0.05) is 18.7 Å². The number of hydrogen-bond acceptors (Lipinski definition) is 5. The third kappa shape index (κ3) is 4.99. The molecule has 1 aromatic heterocycles. The molecule has 1 heterocycles. The number of carboxylic acid groups (broad SMARTS) is 1. The molecule has 0 radical (unpaired) electrons. The number of nitrogens with one attached hydrogen (secondary N) is 1. The summed E-state index contributed by atoms with van der Waals surface area (Å²) in [6.45, 7) is 0.335. The van der Waals surface area contributed by atoms with Gasteiger partial charge in [0.2, 0.25) is 0 Å². The number of hydrogen-bond donors (Lipinski definition) is 2. The summed E-state index contributed by atoms with van der Waals surface area (Å²) >= 11 is 6.14. The van der Waals surface area contributed by atoms with E-state index in [0.29, 0.717) is 19.4 Å². The van der Waals surface area contributed by atoms with Crippen LogP contribution in [0.25, 0.3) is 22.3 Å². The molecule has 4 rings (SSSR count). The minimum absolute atomic E-state index is 0.0244. The number of fused-ring (bicyclic) bond motifs is 1. The highest BCUT2D eigenvalue weighted by atomic mass is 35.5. The highest BCUT2D eigenvalue weighted by Gasteiger charge is 2.34. The Kier molecular flexibility index (Phi) is 6.36. The number of alkyl halides is 3. The summed E-state index contributed by atoms with van der Waals surface area (Å²) < 4.78 is 51.2. The quantitative estimate of drug-likeness (QED) is 0.463. The van der Waals surface area contributed by atoms with E-state index in [-0.39, 0.29) is 57.1 Å². The van der Waals surface area contributed by atoms with Crippen molar-refractivity contribution in [2.75, 3.05) is 13.2 Å². The van der Waals surface area contributed by atoms with Gasteiger partial charge in [-0.1, -0.05) is 17.7 Å². The lowest BCUT2D eigenvalue weighted by Gasteiger charge is -2.33. The molecule has 0 amide bonds. The van der Waals surface area contributed by atoms with E-state index in [1.54, 1.807) is 18.2 Å². The van der Waals surface area contributed by atoms with Gasteiger partial charge in [-0.05, 0) is 43.2 Å². The Labute approximate surface area is 190 Å². The molecule has 6 nitrogen and oxygen atoms in total. The summed E-state index contributed by atoms with van der Waals surface area (Å²) in [6.07, 6.45) is -3.60. The Balaban J connectivity index is 1.58. The second-order valence-corrected chi connectivity index (χ2v) is 8.21. The first-order valence-corrected chi connectivity index (χ1v) is 10.5. The van der Waals surface area contributed by atoms with Crippen molar-refractivity contribution in [3.8, 4) is 17.1 Å². The van der Waals surface area contributed by atoms with Crippen molar-refractivity contribution in [1.29, 1.82) is 0 Å². The van der Waals surface area contributed by atoms with Gasteiger partial charge in [-0.25, -0.2) is 0 Å². The maximum absolute atomic E-state index is 13.3. The third-order valence-corrected chi connectivity index (χ3v) is 5.86. The zero-order valence-corrected chi connectivity index (χ0v) is 17.9. The second kappa shape index (κ2) is 9.07. The van der Waals surface area contributed by atoms with Crippen molar-refractivity contribution in [2.24, 2.45) is 5.92 Å². The van der Waals surface area contributed by atoms with Crippen molar-refractivity contribution in [1.82, 2.24) is 5.32 Å². The number of benzene rings is 2. The van der Waals surface area contributed by atoms with Crippen LogP contribution in [0.15, 0.2) is 51.7 Å². The summed E-state index contributed by atoms with van der Waals surface area (Å²) in [4.78, 5) is 23.4. The molecule has 1 aliphatic rings. The topological polar surface area (TPSA) is 88.8 Å². The van der Waals surface area contributed by atoms with E-state index in [2.05, 4.69) is 5.32 Å². The summed E-state index contributed by atoms with van der Waals surface area (Å²) in [6, 6.07) is 8.83. The Morgan fingerprint density at radius 3 is 2.67 bits per heavy atom. The average molecular weight is 482 g/mol. The van der Waals surface area contributed by atoms with Gasteiger partial charge in [-0.2, -0.15) is 13.2 Å². The van der Waals surface area contributed by atoms with Crippen LogP contribution >= 0.6 is 11.6 Å². The molecule has 1 saturated carbocycles. The van der Waals surface area contributed by atoms with Gasteiger partial charge in [-0.15, -0.1) is 0 Å². The molecule has 1 fully saturated rings. The molecule has 0 unspecified atom stereocenters. The van der Waals surface area contributed by atoms with E-state index in [9.17, 15) is 22.8 Å². The van der Waals surface area contributed by atoms with E-state index in [1.165, 1.54) is 12.1 Å². The van der Waals surface area contributed by atoms with E-state index in [1.807, 2.05) is 0 Å². The van der Waals surface area contributed by atoms with Gasteiger partial charge in [0.1, 0.15) is 18.1 Å². The summed E-state index contributed by atoms with van der Waals surface area (Å²) in [5.41, 5.74) is -0.985. The van der Waals surface area contributed by atoms with Crippen molar-refractivity contribution in [3.63, 3.8) is 0 Å². The number of halogens is 4. The van der Waals surface area contributed by atoms with Crippen molar-refractivity contribution < 1.29 is 32.2 Å². The van der Waals surface area contributed by atoms with Gasteiger partial charge >= 0.3 is 12.1 Å². The zero-order chi connectivity index (χ0) is 23.8. The third-order valence-electron chi connectivity index (χ3n) is 5.56. The smallest absolute Gasteiger partial charge is 0.416 e. The lowest BCUT2D eigenvalue weighted by molar-refractivity contribution is -0.145. The summed E-state index contributed by atoms with van der Waals surface area (Å²) in [7, 11) is 0. The fraction of sp³-hybridized carbons (Fsp3) is 0.304. The van der Waals surface area contributed by atoms with Gasteiger partial charge in [0.15, 0.2) is 11.0 Å². The molecule has 3 aromatic rings. The van der Waals surface area contributed by atoms with Crippen LogP contribution in [0, 0.1) is 5.92 Å². The number of rotatable bonds is 7.